The fraction of sp³-hybridized carbons (Fsp3) is 0.231. The third kappa shape index (κ3) is 2.20. The molecule has 0 amide bonds. The minimum absolute atomic E-state index is 0.00147. The van der Waals surface area contributed by atoms with E-state index in [9.17, 15) is 4.79 Å². The number of ether oxygens (including phenoxy) is 1. The molecule has 1 N–H and O–H groups in total. The summed E-state index contributed by atoms with van der Waals surface area (Å²) < 4.78 is 5.56. The average molecular weight is 231 g/mol. The molecule has 0 fully saturated rings. The monoisotopic (exact) mass is 231 g/mol. The Morgan fingerprint density at radius 2 is 2.06 bits per heavy atom. The zero-order valence-corrected chi connectivity index (χ0v) is 9.68. The Balaban J connectivity index is 2.65. The number of carboxylic acids is 1. The smallest absolute Gasteiger partial charge is 0.336 e. The maximum Gasteiger partial charge on any atom is 0.336 e. The van der Waals surface area contributed by atoms with Gasteiger partial charge in [0, 0.05) is 17.0 Å². The second kappa shape index (κ2) is 4.41. The van der Waals surface area contributed by atoms with Crippen LogP contribution in [0.25, 0.3) is 10.8 Å². The van der Waals surface area contributed by atoms with Crippen molar-refractivity contribution in [1.29, 1.82) is 0 Å². The normalized spacial score (nSPS) is 10.8. The lowest BCUT2D eigenvalue weighted by Gasteiger charge is -2.11. The number of benzene rings is 1. The van der Waals surface area contributed by atoms with Crippen molar-refractivity contribution < 1.29 is 14.6 Å². The van der Waals surface area contributed by atoms with Gasteiger partial charge in [0.15, 0.2) is 0 Å². The van der Waals surface area contributed by atoms with Gasteiger partial charge < -0.3 is 9.84 Å². The minimum atomic E-state index is -0.947. The van der Waals surface area contributed by atoms with Crippen LogP contribution < -0.4 is 4.74 Å². The average Bonchev–Trinajstić information content (AvgIpc) is 2.28. The Morgan fingerprint density at radius 1 is 1.29 bits per heavy atom. The van der Waals surface area contributed by atoms with E-state index in [0.717, 1.165) is 5.39 Å². The summed E-state index contributed by atoms with van der Waals surface area (Å²) in [6, 6.07) is 6.77. The number of carbonyl (C=O) groups is 1. The first-order valence-corrected chi connectivity index (χ1v) is 5.37. The molecule has 2 aromatic rings. The summed E-state index contributed by atoms with van der Waals surface area (Å²) in [5.41, 5.74) is 0.263. The predicted octanol–water partition coefficient (Wildman–Crippen LogP) is 2.72. The fourth-order valence-electron chi connectivity index (χ4n) is 1.68. The second-order valence-corrected chi connectivity index (χ2v) is 3.99. The Hall–Kier alpha value is -2.10. The number of nitrogens with zero attached hydrogens (tertiary/aromatic N) is 1. The molecule has 1 aromatic carbocycles. The van der Waals surface area contributed by atoms with Gasteiger partial charge in [-0.3, -0.25) is 0 Å². The minimum Gasteiger partial charge on any atom is -0.478 e. The van der Waals surface area contributed by atoms with Gasteiger partial charge in [-0.15, -0.1) is 0 Å². The quantitative estimate of drug-likeness (QED) is 0.882. The lowest BCUT2D eigenvalue weighted by Crippen LogP contribution is -2.07. The summed E-state index contributed by atoms with van der Waals surface area (Å²) in [7, 11) is 0. The Kier molecular flexibility index (Phi) is 2.95. The van der Waals surface area contributed by atoms with Gasteiger partial charge in [-0.1, -0.05) is 6.07 Å². The summed E-state index contributed by atoms with van der Waals surface area (Å²) >= 11 is 0. The first kappa shape index (κ1) is 11.4. The van der Waals surface area contributed by atoms with Gasteiger partial charge >= 0.3 is 5.97 Å². The van der Waals surface area contributed by atoms with E-state index in [1.807, 2.05) is 19.9 Å². The molecule has 2 rings (SSSR count). The van der Waals surface area contributed by atoms with Gasteiger partial charge in [0.05, 0.1) is 11.7 Å². The third-order valence-electron chi connectivity index (χ3n) is 2.35. The van der Waals surface area contributed by atoms with Crippen LogP contribution in [0.15, 0.2) is 30.5 Å². The molecule has 0 aliphatic carbocycles. The molecule has 0 saturated carbocycles. The topological polar surface area (TPSA) is 59.4 Å². The zero-order chi connectivity index (χ0) is 12.4. The zero-order valence-electron chi connectivity index (χ0n) is 9.68. The van der Waals surface area contributed by atoms with Crippen LogP contribution in [0.4, 0.5) is 0 Å². The van der Waals surface area contributed by atoms with Crippen molar-refractivity contribution in [3.8, 4) is 5.88 Å². The molecule has 4 heteroatoms. The van der Waals surface area contributed by atoms with Crippen molar-refractivity contribution >= 4 is 16.7 Å². The van der Waals surface area contributed by atoms with Gasteiger partial charge in [-0.2, -0.15) is 0 Å². The van der Waals surface area contributed by atoms with Crippen LogP contribution in [0, 0.1) is 0 Å². The van der Waals surface area contributed by atoms with Crippen molar-refractivity contribution in [2.75, 3.05) is 0 Å². The maximum absolute atomic E-state index is 11.1. The number of pyridine rings is 1. The van der Waals surface area contributed by atoms with E-state index >= 15 is 0 Å². The number of aromatic carboxylic acids is 1. The molecule has 0 aliphatic rings. The fourth-order valence-corrected chi connectivity index (χ4v) is 1.68. The molecule has 0 saturated heterocycles. The molecule has 0 aliphatic heterocycles. The highest BCUT2D eigenvalue weighted by Crippen LogP contribution is 2.26. The van der Waals surface area contributed by atoms with E-state index in [1.54, 1.807) is 24.4 Å². The van der Waals surface area contributed by atoms with Crippen LogP contribution in [0.5, 0.6) is 5.88 Å². The van der Waals surface area contributed by atoms with Gasteiger partial charge in [0.2, 0.25) is 5.88 Å². The van der Waals surface area contributed by atoms with Crippen LogP contribution in [0.2, 0.25) is 0 Å². The van der Waals surface area contributed by atoms with Crippen LogP contribution in [0.3, 0.4) is 0 Å². The Labute approximate surface area is 98.9 Å². The number of fused-ring (bicyclic) bond motifs is 1. The molecule has 0 unspecified atom stereocenters. The van der Waals surface area contributed by atoms with E-state index in [1.165, 1.54) is 0 Å². The SMILES string of the molecule is CC(C)Oc1nccc2c(C(=O)O)cccc12. The number of carboxylic acid groups (broad SMARTS) is 1. The molecular formula is C13H13NO3. The molecule has 4 nitrogen and oxygen atoms in total. The van der Waals surface area contributed by atoms with Crippen LogP contribution in [0.1, 0.15) is 24.2 Å². The summed E-state index contributed by atoms with van der Waals surface area (Å²) in [6.07, 6.45) is 1.56. The van der Waals surface area contributed by atoms with Crippen LogP contribution >= 0.6 is 0 Å². The number of hydrogen-bond donors (Lipinski definition) is 1. The molecule has 17 heavy (non-hydrogen) atoms. The van der Waals surface area contributed by atoms with Gasteiger partial charge in [0.1, 0.15) is 0 Å². The molecule has 88 valence electrons. The van der Waals surface area contributed by atoms with Gasteiger partial charge in [-0.05, 0) is 32.0 Å². The highest BCUT2D eigenvalue weighted by atomic mass is 16.5. The predicted molar refractivity (Wildman–Crippen MR) is 64.5 cm³/mol. The summed E-state index contributed by atoms with van der Waals surface area (Å²) in [6.45, 7) is 3.81. The lowest BCUT2D eigenvalue weighted by atomic mass is 10.1. The van der Waals surface area contributed by atoms with E-state index in [0.29, 0.717) is 11.3 Å². The third-order valence-corrected chi connectivity index (χ3v) is 2.35. The molecule has 1 aromatic heterocycles. The summed E-state index contributed by atoms with van der Waals surface area (Å²) in [5.74, 6) is -0.474. The summed E-state index contributed by atoms with van der Waals surface area (Å²) in [4.78, 5) is 15.2. The lowest BCUT2D eigenvalue weighted by molar-refractivity contribution is 0.0699. The van der Waals surface area contributed by atoms with Crippen molar-refractivity contribution in [2.45, 2.75) is 20.0 Å². The van der Waals surface area contributed by atoms with Gasteiger partial charge in [-0.25, -0.2) is 9.78 Å². The van der Waals surface area contributed by atoms with Crippen molar-refractivity contribution in [3.63, 3.8) is 0 Å². The molecule has 0 radical (unpaired) electrons. The number of aromatic nitrogens is 1. The molecule has 0 spiro atoms. The first-order chi connectivity index (χ1) is 8.09. The molecule has 0 atom stereocenters. The number of rotatable bonds is 3. The maximum atomic E-state index is 11.1. The summed E-state index contributed by atoms with van der Waals surface area (Å²) in [5, 5.41) is 10.5. The molecule has 1 heterocycles. The van der Waals surface area contributed by atoms with Crippen molar-refractivity contribution in [1.82, 2.24) is 4.98 Å². The Bertz CT molecular complexity index is 564. The molecular weight excluding hydrogens is 218 g/mol. The van der Waals surface area contributed by atoms with Gasteiger partial charge in [0.25, 0.3) is 0 Å². The first-order valence-electron chi connectivity index (χ1n) is 5.37. The van der Waals surface area contributed by atoms with E-state index in [2.05, 4.69) is 4.98 Å². The molecule has 0 bridgehead atoms. The number of hydrogen-bond acceptors (Lipinski definition) is 3. The highest BCUT2D eigenvalue weighted by molar-refractivity contribution is 6.04. The van der Waals surface area contributed by atoms with E-state index in [-0.39, 0.29) is 11.7 Å². The van der Waals surface area contributed by atoms with Crippen molar-refractivity contribution in [2.24, 2.45) is 0 Å². The highest BCUT2D eigenvalue weighted by Gasteiger charge is 2.12. The van der Waals surface area contributed by atoms with Crippen LogP contribution in [-0.2, 0) is 0 Å². The van der Waals surface area contributed by atoms with Crippen molar-refractivity contribution in [3.05, 3.63) is 36.0 Å². The second-order valence-electron chi connectivity index (χ2n) is 3.99. The largest absolute Gasteiger partial charge is 0.478 e. The standard InChI is InChI=1S/C13H13NO3/c1-8(2)17-12-10-4-3-5-11(13(15)16)9(10)6-7-14-12/h3-8H,1-2H3,(H,15,16). The van der Waals surface area contributed by atoms with Crippen LogP contribution in [-0.4, -0.2) is 22.2 Å². The Morgan fingerprint density at radius 3 is 2.71 bits per heavy atom. The van der Waals surface area contributed by atoms with E-state index in [4.69, 9.17) is 9.84 Å². The van der Waals surface area contributed by atoms with E-state index < -0.39 is 5.97 Å².